The van der Waals surface area contributed by atoms with Crippen LogP contribution in [0.4, 0.5) is 0 Å². The molecule has 0 aliphatic heterocycles. The number of rotatable bonds is 6. The Morgan fingerprint density at radius 2 is 1.78 bits per heavy atom. The molecule has 0 saturated heterocycles. The van der Waals surface area contributed by atoms with Crippen LogP contribution >= 0.6 is 0 Å². The quantitative estimate of drug-likeness (QED) is 0.727. The van der Waals surface area contributed by atoms with Gasteiger partial charge in [0, 0.05) is 14.2 Å². The Morgan fingerprint density at radius 3 is 2.28 bits per heavy atom. The maximum Gasteiger partial charge on any atom is 0.338 e. The van der Waals surface area contributed by atoms with Crippen molar-refractivity contribution in [3.8, 4) is 0 Å². The van der Waals surface area contributed by atoms with E-state index in [0.29, 0.717) is 18.8 Å². The van der Waals surface area contributed by atoms with Gasteiger partial charge in [-0.1, -0.05) is 17.7 Å². The van der Waals surface area contributed by atoms with Gasteiger partial charge in [-0.2, -0.15) is 0 Å². The van der Waals surface area contributed by atoms with Crippen LogP contribution < -0.4 is 0 Å². The average Bonchev–Trinajstić information content (AvgIpc) is 2.29. The first-order valence-electron chi connectivity index (χ1n) is 5.84. The second kappa shape index (κ2) is 7.13. The molecule has 0 aromatic heterocycles. The average molecular weight is 252 g/mol. The van der Waals surface area contributed by atoms with Crippen LogP contribution in [0.2, 0.25) is 0 Å². The van der Waals surface area contributed by atoms with Gasteiger partial charge in [-0.05, 0) is 25.5 Å². The van der Waals surface area contributed by atoms with Crippen molar-refractivity contribution in [1.29, 1.82) is 0 Å². The number of ether oxygens (including phenoxy) is 3. The molecule has 0 amide bonds. The number of methoxy groups -OCH3 is 2. The smallest absolute Gasteiger partial charge is 0.338 e. The predicted molar refractivity (Wildman–Crippen MR) is 68.9 cm³/mol. The Kier molecular flexibility index (Phi) is 5.82. The second-order valence-electron chi connectivity index (χ2n) is 4.26. The molecule has 0 atom stereocenters. The van der Waals surface area contributed by atoms with Gasteiger partial charge in [0.25, 0.3) is 0 Å². The third-order valence-electron chi connectivity index (χ3n) is 2.58. The number of benzene rings is 1. The van der Waals surface area contributed by atoms with Gasteiger partial charge in [0.15, 0.2) is 0 Å². The maximum absolute atomic E-state index is 12.0. The molecule has 0 unspecified atom stereocenters. The first-order chi connectivity index (χ1) is 8.58. The van der Waals surface area contributed by atoms with Crippen molar-refractivity contribution in [2.75, 3.05) is 27.4 Å². The predicted octanol–water partition coefficient (Wildman–Crippen LogP) is 2.12. The maximum atomic E-state index is 12.0. The lowest BCUT2D eigenvalue weighted by Gasteiger charge is -2.17. The summed E-state index contributed by atoms with van der Waals surface area (Å²) in [5.74, 6) is -0.341. The lowest BCUT2D eigenvalue weighted by atomic mass is 10.1. The highest BCUT2D eigenvalue weighted by atomic mass is 16.6. The minimum atomic E-state index is -0.381. The Bertz CT molecular complexity index is 395. The topological polar surface area (TPSA) is 44.8 Å². The minimum Gasteiger partial charge on any atom is -0.454 e. The van der Waals surface area contributed by atoms with Gasteiger partial charge in [-0.15, -0.1) is 0 Å². The van der Waals surface area contributed by atoms with Crippen molar-refractivity contribution in [1.82, 2.24) is 0 Å². The monoisotopic (exact) mass is 252 g/mol. The fourth-order valence-corrected chi connectivity index (χ4v) is 1.75. The molecule has 0 spiro atoms. The van der Waals surface area contributed by atoms with Crippen LogP contribution in [0, 0.1) is 13.8 Å². The van der Waals surface area contributed by atoms with Crippen LogP contribution in [0.5, 0.6) is 0 Å². The molecule has 0 heterocycles. The summed E-state index contributed by atoms with van der Waals surface area (Å²) in [6.45, 7) is 4.53. The zero-order chi connectivity index (χ0) is 13.5. The van der Waals surface area contributed by atoms with E-state index in [1.807, 2.05) is 26.0 Å². The molecular formula is C14H20O4. The summed E-state index contributed by atoms with van der Waals surface area (Å²) in [5, 5.41) is 0. The fourth-order valence-electron chi connectivity index (χ4n) is 1.75. The third kappa shape index (κ3) is 4.13. The first-order valence-corrected chi connectivity index (χ1v) is 5.84. The Labute approximate surface area is 108 Å². The summed E-state index contributed by atoms with van der Waals surface area (Å²) in [6.07, 6.45) is -0.381. The van der Waals surface area contributed by atoms with Gasteiger partial charge in [0.2, 0.25) is 0 Å². The van der Waals surface area contributed by atoms with Gasteiger partial charge in [-0.25, -0.2) is 4.79 Å². The Hall–Kier alpha value is -1.39. The van der Waals surface area contributed by atoms with E-state index in [2.05, 4.69) is 0 Å². The van der Waals surface area contributed by atoms with Crippen LogP contribution in [0.3, 0.4) is 0 Å². The van der Waals surface area contributed by atoms with Crippen LogP contribution in [-0.2, 0) is 14.2 Å². The summed E-state index contributed by atoms with van der Waals surface area (Å²) in [5.41, 5.74) is 2.61. The van der Waals surface area contributed by atoms with Crippen molar-refractivity contribution >= 4 is 5.97 Å². The lowest BCUT2D eigenvalue weighted by Crippen LogP contribution is -2.27. The van der Waals surface area contributed by atoms with Crippen molar-refractivity contribution in [2.45, 2.75) is 20.0 Å². The number of carbonyl (C=O) groups excluding carboxylic acids is 1. The van der Waals surface area contributed by atoms with E-state index < -0.39 is 0 Å². The molecule has 0 fully saturated rings. The van der Waals surface area contributed by atoms with E-state index in [1.165, 1.54) is 0 Å². The van der Waals surface area contributed by atoms with Gasteiger partial charge in [-0.3, -0.25) is 0 Å². The molecule has 0 N–H and O–H groups in total. The zero-order valence-electron chi connectivity index (χ0n) is 11.4. The summed E-state index contributed by atoms with van der Waals surface area (Å²) < 4.78 is 15.3. The van der Waals surface area contributed by atoms with Crippen molar-refractivity contribution in [3.63, 3.8) is 0 Å². The summed E-state index contributed by atoms with van der Waals surface area (Å²) >= 11 is 0. The van der Waals surface area contributed by atoms with E-state index in [-0.39, 0.29) is 12.1 Å². The number of esters is 1. The van der Waals surface area contributed by atoms with Gasteiger partial charge in [0.05, 0.1) is 18.8 Å². The van der Waals surface area contributed by atoms with E-state index in [1.54, 1.807) is 20.3 Å². The highest BCUT2D eigenvalue weighted by molar-refractivity contribution is 5.91. The van der Waals surface area contributed by atoms with E-state index in [9.17, 15) is 4.79 Å². The van der Waals surface area contributed by atoms with Crippen LogP contribution in [0.15, 0.2) is 18.2 Å². The molecule has 0 aliphatic carbocycles. The fraction of sp³-hybridized carbons (Fsp3) is 0.500. The summed E-state index contributed by atoms with van der Waals surface area (Å²) in [6, 6.07) is 5.63. The SMILES string of the molecule is COCC(COC)OC(=O)c1ccc(C)cc1C. The highest BCUT2D eigenvalue weighted by Crippen LogP contribution is 2.13. The molecule has 1 rings (SSSR count). The number of carbonyl (C=O) groups is 1. The van der Waals surface area contributed by atoms with Crippen molar-refractivity contribution < 1.29 is 19.0 Å². The van der Waals surface area contributed by atoms with Crippen molar-refractivity contribution in [2.24, 2.45) is 0 Å². The summed E-state index contributed by atoms with van der Waals surface area (Å²) in [4.78, 5) is 12.0. The molecule has 1 aromatic carbocycles. The molecule has 18 heavy (non-hydrogen) atoms. The zero-order valence-corrected chi connectivity index (χ0v) is 11.4. The Balaban J connectivity index is 2.73. The minimum absolute atomic E-state index is 0.324. The molecule has 0 bridgehead atoms. The van der Waals surface area contributed by atoms with Gasteiger partial charge in [0.1, 0.15) is 6.10 Å². The largest absolute Gasteiger partial charge is 0.454 e. The van der Waals surface area contributed by atoms with Gasteiger partial charge < -0.3 is 14.2 Å². The summed E-state index contributed by atoms with van der Waals surface area (Å²) in [7, 11) is 3.13. The van der Waals surface area contributed by atoms with Gasteiger partial charge >= 0.3 is 5.97 Å². The molecular weight excluding hydrogens is 232 g/mol. The molecule has 4 nitrogen and oxygen atoms in total. The molecule has 4 heteroatoms. The Morgan fingerprint density at radius 1 is 1.17 bits per heavy atom. The van der Waals surface area contributed by atoms with E-state index >= 15 is 0 Å². The van der Waals surface area contributed by atoms with Crippen LogP contribution in [0.25, 0.3) is 0 Å². The van der Waals surface area contributed by atoms with E-state index in [0.717, 1.165) is 11.1 Å². The molecule has 0 radical (unpaired) electrons. The number of aryl methyl sites for hydroxylation is 2. The molecule has 1 aromatic rings. The number of hydrogen-bond acceptors (Lipinski definition) is 4. The van der Waals surface area contributed by atoms with E-state index in [4.69, 9.17) is 14.2 Å². The number of hydrogen-bond donors (Lipinski definition) is 0. The lowest BCUT2D eigenvalue weighted by molar-refractivity contribution is -0.0224. The van der Waals surface area contributed by atoms with Crippen molar-refractivity contribution in [3.05, 3.63) is 34.9 Å². The normalized spacial score (nSPS) is 10.7. The van der Waals surface area contributed by atoms with Crippen LogP contribution in [-0.4, -0.2) is 39.5 Å². The first kappa shape index (κ1) is 14.7. The highest BCUT2D eigenvalue weighted by Gasteiger charge is 2.17. The molecule has 100 valence electrons. The molecule has 0 saturated carbocycles. The standard InChI is InChI=1S/C14H20O4/c1-10-5-6-13(11(2)7-10)14(15)18-12(8-16-3)9-17-4/h5-7,12H,8-9H2,1-4H3. The third-order valence-corrected chi connectivity index (χ3v) is 2.58. The van der Waals surface area contributed by atoms with Crippen LogP contribution in [0.1, 0.15) is 21.5 Å². The molecule has 0 aliphatic rings. The second-order valence-corrected chi connectivity index (χ2v) is 4.26.